The van der Waals surface area contributed by atoms with Gasteiger partial charge in [-0.15, -0.1) is 0 Å². The second-order valence-electron chi connectivity index (χ2n) is 6.44. The molecule has 146 valence electrons. The molecular weight excluding hydrogens is 366 g/mol. The fraction of sp³-hybridized carbons (Fsp3) is 0.174. The normalized spacial score (nSPS) is 11.2. The lowest BCUT2D eigenvalue weighted by molar-refractivity contribution is 0.0940. The van der Waals surface area contributed by atoms with Gasteiger partial charge in [-0.25, -0.2) is 0 Å². The van der Waals surface area contributed by atoms with Crippen molar-refractivity contribution in [2.75, 3.05) is 7.11 Å². The maximum atomic E-state index is 12.5. The fourth-order valence-electron chi connectivity index (χ4n) is 2.77. The standard InChI is InChI=1S/C23H21N3O3/c1-16(26-23(27)19-5-3-17(14-24)4-6-19)20-7-8-21(22(13-20)28-2)29-15-18-9-11-25-12-10-18/h3-13,16H,15H2,1-2H3,(H,26,27). The van der Waals surface area contributed by atoms with Crippen LogP contribution in [0.5, 0.6) is 11.5 Å². The molecule has 0 aliphatic carbocycles. The highest BCUT2D eigenvalue weighted by atomic mass is 16.5. The van der Waals surface area contributed by atoms with Crippen LogP contribution in [0.25, 0.3) is 0 Å². The van der Waals surface area contributed by atoms with Gasteiger partial charge in [0.15, 0.2) is 11.5 Å². The second-order valence-corrected chi connectivity index (χ2v) is 6.44. The third kappa shape index (κ3) is 5.11. The van der Waals surface area contributed by atoms with E-state index >= 15 is 0 Å². The Morgan fingerprint density at radius 2 is 1.83 bits per heavy atom. The average Bonchev–Trinajstić information content (AvgIpc) is 2.78. The Balaban J connectivity index is 1.67. The number of aromatic nitrogens is 1. The third-order valence-electron chi connectivity index (χ3n) is 4.46. The van der Waals surface area contributed by atoms with Crippen LogP contribution in [0, 0.1) is 11.3 Å². The molecule has 3 rings (SSSR count). The van der Waals surface area contributed by atoms with Crippen LogP contribution < -0.4 is 14.8 Å². The first-order valence-electron chi connectivity index (χ1n) is 9.11. The molecule has 0 bridgehead atoms. The molecule has 0 radical (unpaired) electrons. The Morgan fingerprint density at radius 3 is 2.48 bits per heavy atom. The van der Waals surface area contributed by atoms with E-state index in [1.54, 1.807) is 43.8 Å². The van der Waals surface area contributed by atoms with Crippen molar-refractivity contribution < 1.29 is 14.3 Å². The third-order valence-corrected chi connectivity index (χ3v) is 4.46. The summed E-state index contributed by atoms with van der Waals surface area (Å²) in [7, 11) is 1.58. The Hall–Kier alpha value is -3.85. The van der Waals surface area contributed by atoms with Crippen LogP contribution in [0.15, 0.2) is 67.0 Å². The first-order chi connectivity index (χ1) is 14.1. The number of nitriles is 1. The van der Waals surface area contributed by atoms with E-state index in [1.165, 1.54) is 0 Å². The number of carbonyl (C=O) groups is 1. The smallest absolute Gasteiger partial charge is 0.251 e. The van der Waals surface area contributed by atoms with Gasteiger partial charge >= 0.3 is 0 Å². The molecule has 0 spiro atoms. The van der Waals surface area contributed by atoms with Crippen LogP contribution in [-0.4, -0.2) is 18.0 Å². The summed E-state index contributed by atoms with van der Waals surface area (Å²) in [4.78, 5) is 16.4. The number of rotatable bonds is 7. The molecule has 2 aromatic carbocycles. The molecule has 1 heterocycles. The number of methoxy groups -OCH3 is 1. The molecule has 1 amide bonds. The number of amides is 1. The van der Waals surface area contributed by atoms with Crippen LogP contribution >= 0.6 is 0 Å². The molecule has 1 aromatic heterocycles. The van der Waals surface area contributed by atoms with Gasteiger partial charge < -0.3 is 14.8 Å². The van der Waals surface area contributed by atoms with E-state index in [0.29, 0.717) is 29.2 Å². The molecule has 0 saturated carbocycles. The molecular formula is C23H21N3O3. The minimum atomic E-state index is -0.235. The van der Waals surface area contributed by atoms with Crippen molar-refractivity contribution in [2.45, 2.75) is 19.6 Å². The van der Waals surface area contributed by atoms with Crippen molar-refractivity contribution in [3.63, 3.8) is 0 Å². The summed E-state index contributed by atoms with van der Waals surface area (Å²) in [5.41, 5.74) is 2.91. The summed E-state index contributed by atoms with van der Waals surface area (Å²) in [5.74, 6) is 1.01. The molecule has 0 fully saturated rings. The maximum Gasteiger partial charge on any atom is 0.251 e. The van der Waals surface area contributed by atoms with Crippen molar-refractivity contribution in [1.82, 2.24) is 10.3 Å². The quantitative estimate of drug-likeness (QED) is 0.662. The van der Waals surface area contributed by atoms with Gasteiger partial charge in [-0.2, -0.15) is 5.26 Å². The van der Waals surface area contributed by atoms with E-state index in [-0.39, 0.29) is 11.9 Å². The van der Waals surface area contributed by atoms with E-state index in [0.717, 1.165) is 11.1 Å². The number of nitrogens with zero attached hydrogens (tertiary/aromatic N) is 2. The number of carbonyl (C=O) groups excluding carboxylic acids is 1. The highest BCUT2D eigenvalue weighted by Gasteiger charge is 2.14. The maximum absolute atomic E-state index is 12.5. The van der Waals surface area contributed by atoms with Gasteiger partial charge in [-0.3, -0.25) is 9.78 Å². The van der Waals surface area contributed by atoms with Crippen molar-refractivity contribution in [3.8, 4) is 17.6 Å². The lowest BCUT2D eigenvalue weighted by Crippen LogP contribution is -2.26. The molecule has 1 unspecified atom stereocenters. The summed E-state index contributed by atoms with van der Waals surface area (Å²) in [6.07, 6.45) is 3.44. The van der Waals surface area contributed by atoms with Crippen molar-refractivity contribution in [3.05, 3.63) is 89.2 Å². The molecule has 6 nitrogen and oxygen atoms in total. The number of hydrogen-bond acceptors (Lipinski definition) is 5. The van der Waals surface area contributed by atoms with Crippen LogP contribution in [0.3, 0.4) is 0 Å². The number of benzene rings is 2. The zero-order valence-electron chi connectivity index (χ0n) is 16.3. The SMILES string of the molecule is COc1cc(C(C)NC(=O)c2ccc(C#N)cc2)ccc1OCc1ccncc1. The summed E-state index contributed by atoms with van der Waals surface area (Å²) < 4.78 is 11.3. The van der Waals surface area contributed by atoms with Gasteiger partial charge in [0.2, 0.25) is 0 Å². The van der Waals surface area contributed by atoms with Gasteiger partial charge in [0.1, 0.15) is 6.61 Å². The topological polar surface area (TPSA) is 84.2 Å². The predicted octanol–water partition coefficient (Wildman–Crippen LogP) is 4.03. The minimum absolute atomic E-state index is 0.209. The van der Waals surface area contributed by atoms with Crippen molar-refractivity contribution in [1.29, 1.82) is 5.26 Å². The van der Waals surface area contributed by atoms with E-state index in [4.69, 9.17) is 14.7 Å². The van der Waals surface area contributed by atoms with Gasteiger partial charge in [0.05, 0.1) is 24.8 Å². The molecule has 29 heavy (non-hydrogen) atoms. The van der Waals surface area contributed by atoms with Gasteiger partial charge in [0.25, 0.3) is 5.91 Å². The molecule has 0 aliphatic heterocycles. The Bertz CT molecular complexity index is 1010. The van der Waals surface area contributed by atoms with Crippen LogP contribution in [0.1, 0.15) is 40.0 Å². The van der Waals surface area contributed by atoms with E-state index in [2.05, 4.69) is 10.3 Å². The fourth-order valence-corrected chi connectivity index (χ4v) is 2.77. The zero-order valence-corrected chi connectivity index (χ0v) is 16.3. The van der Waals surface area contributed by atoms with Crippen molar-refractivity contribution in [2.24, 2.45) is 0 Å². The second kappa shape index (κ2) is 9.38. The first kappa shape index (κ1) is 19.9. The number of pyridine rings is 1. The van der Waals surface area contributed by atoms with Crippen LogP contribution in [0.2, 0.25) is 0 Å². The van der Waals surface area contributed by atoms with E-state index in [1.807, 2.05) is 43.3 Å². The lowest BCUT2D eigenvalue weighted by Gasteiger charge is -2.17. The van der Waals surface area contributed by atoms with Gasteiger partial charge in [-0.05, 0) is 66.6 Å². The highest BCUT2D eigenvalue weighted by molar-refractivity contribution is 5.94. The molecule has 6 heteroatoms. The van der Waals surface area contributed by atoms with E-state index in [9.17, 15) is 4.79 Å². The summed E-state index contributed by atoms with van der Waals surface area (Å²) >= 11 is 0. The Labute approximate surface area is 169 Å². The number of nitrogens with one attached hydrogen (secondary N) is 1. The Kier molecular flexibility index (Phi) is 6.43. The lowest BCUT2D eigenvalue weighted by atomic mass is 10.1. The van der Waals surface area contributed by atoms with Gasteiger partial charge in [0, 0.05) is 18.0 Å². The number of ether oxygens (including phenoxy) is 2. The molecule has 1 atom stereocenters. The Morgan fingerprint density at radius 1 is 1.10 bits per heavy atom. The molecule has 0 saturated heterocycles. The van der Waals surface area contributed by atoms with Gasteiger partial charge in [-0.1, -0.05) is 6.07 Å². The van der Waals surface area contributed by atoms with E-state index < -0.39 is 0 Å². The highest BCUT2D eigenvalue weighted by Crippen LogP contribution is 2.31. The zero-order chi connectivity index (χ0) is 20.6. The average molecular weight is 387 g/mol. The van der Waals surface area contributed by atoms with Crippen LogP contribution in [-0.2, 0) is 6.61 Å². The molecule has 3 aromatic rings. The largest absolute Gasteiger partial charge is 0.493 e. The monoisotopic (exact) mass is 387 g/mol. The summed E-state index contributed by atoms with van der Waals surface area (Å²) in [6, 6.07) is 17.7. The van der Waals surface area contributed by atoms with Crippen molar-refractivity contribution >= 4 is 5.91 Å². The molecule has 0 aliphatic rings. The summed E-state index contributed by atoms with van der Waals surface area (Å²) in [6.45, 7) is 2.30. The predicted molar refractivity (Wildman–Crippen MR) is 109 cm³/mol. The first-order valence-corrected chi connectivity index (χ1v) is 9.11. The minimum Gasteiger partial charge on any atom is -0.493 e. The molecule has 1 N–H and O–H groups in total. The summed E-state index contributed by atoms with van der Waals surface area (Å²) in [5, 5.41) is 11.8. The number of hydrogen-bond donors (Lipinski definition) is 1. The van der Waals surface area contributed by atoms with Crippen LogP contribution in [0.4, 0.5) is 0 Å².